The van der Waals surface area contributed by atoms with Crippen molar-refractivity contribution in [3.63, 3.8) is 0 Å². The van der Waals surface area contributed by atoms with Gasteiger partial charge in [0.25, 0.3) is 5.91 Å². The third-order valence-corrected chi connectivity index (χ3v) is 4.88. The second kappa shape index (κ2) is 6.72. The van der Waals surface area contributed by atoms with Gasteiger partial charge in [0.05, 0.1) is 5.56 Å². The van der Waals surface area contributed by atoms with Crippen LogP contribution in [-0.2, 0) is 10.8 Å². The highest BCUT2D eigenvalue weighted by Crippen LogP contribution is 2.24. The normalized spacial score (nSPS) is 13.8. The maximum atomic E-state index is 12.1. The molecule has 0 heterocycles. The number of amides is 1. The first-order valence-electron chi connectivity index (χ1n) is 6.81. The Balaban J connectivity index is 2.09. The summed E-state index contributed by atoms with van der Waals surface area (Å²) < 4.78 is 11.2. The van der Waals surface area contributed by atoms with Gasteiger partial charge < -0.3 is 10.4 Å². The zero-order valence-corrected chi connectivity index (χ0v) is 12.9. The smallest absolute Gasteiger partial charge is 0.255 e. The Labute approximate surface area is 126 Å². The highest BCUT2D eigenvalue weighted by molar-refractivity contribution is 7.84. The van der Waals surface area contributed by atoms with Gasteiger partial charge in [0.15, 0.2) is 0 Å². The molecular weight excluding hydrogens is 286 g/mol. The lowest BCUT2D eigenvalue weighted by molar-refractivity contribution is 0.0951. The van der Waals surface area contributed by atoms with Crippen molar-refractivity contribution in [1.82, 2.24) is 5.32 Å². The fraction of sp³-hybridized carbons (Fsp3) is 0.312. The van der Waals surface area contributed by atoms with Crippen LogP contribution < -0.4 is 5.32 Å². The van der Waals surface area contributed by atoms with Crippen molar-refractivity contribution in [2.45, 2.75) is 18.6 Å². The lowest BCUT2D eigenvalue weighted by atomic mass is 10.1. The lowest BCUT2D eigenvalue weighted by Gasteiger charge is -2.11. The van der Waals surface area contributed by atoms with Gasteiger partial charge in [0.2, 0.25) is 0 Å². The molecule has 2 N–H and O–H groups in total. The molecule has 0 aliphatic carbocycles. The summed E-state index contributed by atoms with van der Waals surface area (Å²) in [6, 6.07) is 10.8. The molecule has 2 atom stereocenters. The molecule has 1 amide bonds. The molecule has 0 unspecified atom stereocenters. The molecule has 0 aromatic heterocycles. The number of carbonyl (C=O) groups excluding carboxylic acids is 1. The number of benzene rings is 2. The largest absolute Gasteiger partial charge is 0.507 e. The van der Waals surface area contributed by atoms with Gasteiger partial charge in [-0.1, -0.05) is 31.2 Å². The monoisotopic (exact) mass is 305 g/mol. The van der Waals surface area contributed by atoms with Crippen molar-refractivity contribution in [2.24, 2.45) is 0 Å². The number of phenolic OH excluding ortho intramolecular Hbond substituents is 1. The Morgan fingerprint density at radius 2 is 1.90 bits per heavy atom. The summed E-state index contributed by atoms with van der Waals surface area (Å²) in [5.74, 6) is -0.342. The van der Waals surface area contributed by atoms with Crippen molar-refractivity contribution < 1.29 is 14.1 Å². The first-order chi connectivity index (χ1) is 9.99. The van der Waals surface area contributed by atoms with Gasteiger partial charge in [-0.2, -0.15) is 0 Å². The van der Waals surface area contributed by atoms with Crippen molar-refractivity contribution >= 4 is 27.5 Å². The van der Waals surface area contributed by atoms with Gasteiger partial charge in [-0.15, -0.1) is 0 Å². The third kappa shape index (κ3) is 3.82. The first-order valence-corrected chi connectivity index (χ1v) is 8.43. The van der Waals surface area contributed by atoms with E-state index in [-0.39, 0.29) is 22.5 Å². The summed E-state index contributed by atoms with van der Waals surface area (Å²) >= 11 is 0. The molecule has 0 aliphatic rings. The minimum atomic E-state index is -0.893. The van der Waals surface area contributed by atoms with E-state index in [2.05, 4.69) is 5.32 Å². The van der Waals surface area contributed by atoms with E-state index >= 15 is 0 Å². The van der Waals surface area contributed by atoms with Crippen LogP contribution in [0.3, 0.4) is 0 Å². The van der Waals surface area contributed by atoms with Crippen LogP contribution in [-0.4, -0.2) is 33.3 Å². The Kier molecular flexibility index (Phi) is 4.96. The molecule has 0 saturated heterocycles. The van der Waals surface area contributed by atoms with E-state index in [1.807, 2.05) is 31.2 Å². The summed E-state index contributed by atoms with van der Waals surface area (Å²) in [6.07, 6.45) is 2.30. The van der Waals surface area contributed by atoms with E-state index in [4.69, 9.17) is 0 Å². The Bertz CT molecular complexity index is 684. The second-order valence-electron chi connectivity index (χ2n) is 5.07. The molecule has 0 bridgehead atoms. The number of rotatable bonds is 5. The van der Waals surface area contributed by atoms with E-state index < -0.39 is 10.8 Å². The maximum Gasteiger partial charge on any atom is 0.255 e. The molecule has 2 aromatic carbocycles. The molecule has 0 spiro atoms. The van der Waals surface area contributed by atoms with Crippen molar-refractivity contribution in [3.05, 3.63) is 42.0 Å². The Morgan fingerprint density at radius 3 is 2.52 bits per heavy atom. The maximum absolute atomic E-state index is 12.1. The topological polar surface area (TPSA) is 66.4 Å². The summed E-state index contributed by atoms with van der Waals surface area (Å²) in [5.41, 5.74) is 0.263. The summed E-state index contributed by atoms with van der Waals surface area (Å²) in [4.78, 5) is 12.1. The molecule has 21 heavy (non-hydrogen) atoms. The number of hydrogen-bond acceptors (Lipinski definition) is 3. The number of carbonyl (C=O) groups is 1. The number of fused-ring (bicyclic) bond motifs is 1. The van der Waals surface area contributed by atoms with Gasteiger partial charge in [-0.25, -0.2) is 0 Å². The minimum absolute atomic E-state index is 0.0293. The van der Waals surface area contributed by atoms with Crippen LogP contribution in [0.5, 0.6) is 5.75 Å². The van der Waals surface area contributed by atoms with Gasteiger partial charge in [-0.3, -0.25) is 9.00 Å². The van der Waals surface area contributed by atoms with Crippen LogP contribution >= 0.6 is 0 Å². The molecule has 2 aromatic rings. The zero-order valence-electron chi connectivity index (χ0n) is 12.1. The van der Waals surface area contributed by atoms with Crippen LogP contribution in [0.2, 0.25) is 0 Å². The van der Waals surface area contributed by atoms with E-state index in [0.29, 0.717) is 13.0 Å². The molecule has 4 nitrogen and oxygen atoms in total. The van der Waals surface area contributed by atoms with Gasteiger partial charge in [0, 0.05) is 28.9 Å². The number of nitrogens with one attached hydrogen (secondary N) is 1. The third-order valence-electron chi connectivity index (χ3n) is 3.51. The van der Waals surface area contributed by atoms with Crippen LogP contribution in [0.4, 0.5) is 0 Å². The summed E-state index contributed by atoms with van der Waals surface area (Å²) in [5, 5.41) is 14.6. The molecule has 5 heteroatoms. The predicted octanol–water partition coefficient (Wildman–Crippen LogP) is 2.43. The van der Waals surface area contributed by atoms with Crippen molar-refractivity contribution in [2.75, 3.05) is 12.8 Å². The lowest BCUT2D eigenvalue weighted by Crippen LogP contribution is -2.27. The van der Waals surface area contributed by atoms with Crippen molar-refractivity contribution in [1.29, 1.82) is 0 Å². The van der Waals surface area contributed by atoms with E-state index in [9.17, 15) is 14.1 Å². The molecule has 0 saturated carbocycles. The second-order valence-corrected chi connectivity index (χ2v) is 6.87. The standard InChI is InChI=1S/C16H19NO3S/c1-11(21(2)20)7-8-17-16(19)14-9-12-5-3-4-6-13(12)10-15(14)18/h3-6,9-11,18H,7-8H2,1-2H3,(H,17,19)/t11-,21-/m0/s1. The number of hydrogen-bond donors (Lipinski definition) is 2. The van der Waals surface area contributed by atoms with Crippen molar-refractivity contribution in [3.8, 4) is 5.75 Å². The quantitative estimate of drug-likeness (QED) is 0.891. The van der Waals surface area contributed by atoms with Crippen LogP contribution in [0.25, 0.3) is 10.8 Å². The van der Waals surface area contributed by atoms with Crippen LogP contribution in [0.15, 0.2) is 36.4 Å². The Morgan fingerprint density at radius 1 is 1.29 bits per heavy atom. The molecule has 0 fully saturated rings. The van der Waals surface area contributed by atoms with E-state index in [0.717, 1.165) is 10.8 Å². The Hall–Kier alpha value is -1.88. The number of aromatic hydroxyl groups is 1. The van der Waals surface area contributed by atoms with Crippen LogP contribution in [0, 0.1) is 0 Å². The summed E-state index contributed by atoms with van der Waals surface area (Å²) in [6.45, 7) is 2.32. The fourth-order valence-electron chi connectivity index (χ4n) is 2.06. The fourth-order valence-corrected chi connectivity index (χ4v) is 2.51. The average Bonchev–Trinajstić information content (AvgIpc) is 2.46. The van der Waals surface area contributed by atoms with E-state index in [1.165, 1.54) is 0 Å². The van der Waals surface area contributed by atoms with Gasteiger partial charge >= 0.3 is 0 Å². The number of phenols is 1. The first kappa shape index (κ1) is 15.5. The SMILES string of the molecule is C[C@@H](CCNC(=O)c1cc2ccccc2cc1O)[S@](C)=O. The average molecular weight is 305 g/mol. The van der Waals surface area contributed by atoms with E-state index in [1.54, 1.807) is 18.4 Å². The molecule has 2 rings (SSSR count). The highest BCUT2D eigenvalue weighted by atomic mass is 32.2. The molecule has 112 valence electrons. The molecular formula is C16H19NO3S. The highest BCUT2D eigenvalue weighted by Gasteiger charge is 2.13. The molecule has 0 aliphatic heterocycles. The summed E-state index contributed by atoms with van der Waals surface area (Å²) in [7, 11) is -0.893. The molecule has 0 radical (unpaired) electrons. The van der Waals surface area contributed by atoms with Gasteiger partial charge in [0.1, 0.15) is 5.75 Å². The zero-order chi connectivity index (χ0) is 15.4. The van der Waals surface area contributed by atoms with Crippen LogP contribution in [0.1, 0.15) is 23.7 Å². The predicted molar refractivity (Wildman–Crippen MR) is 86.1 cm³/mol. The van der Waals surface area contributed by atoms with Gasteiger partial charge in [-0.05, 0) is 29.3 Å². The minimum Gasteiger partial charge on any atom is -0.507 e.